The van der Waals surface area contributed by atoms with Gasteiger partial charge in [-0.05, 0) is 51.5 Å². The van der Waals surface area contributed by atoms with Gasteiger partial charge in [0.25, 0.3) is 8.32 Å². The summed E-state index contributed by atoms with van der Waals surface area (Å²) in [6.07, 6.45) is -0.685. The van der Waals surface area contributed by atoms with E-state index in [1.807, 2.05) is 103 Å². The molecule has 0 aliphatic heterocycles. The summed E-state index contributed by atoms with van der Waals surface area (Å²) in [4.78, 5) is 25.3. The summed E-state index contributed by atoms with van der Waals surface area (Å²) in [5.74, 6) is 0.677. The van der Waals surface area contributed by atoms with Crippen LogP contribution in [-0.4, -0.2) is 37.5 Å². The van der Waals surface area contributed by atoms with Gasteiger partial charge in [-0.15, -0.1) is 0 Å². The quantitative estimate of drug-likeness (QED) is 0.201. The predicted molar refractivity (Wildman–Crippen MR) is 165 cm³/mol. The van der Waals surface area contributed by atoms with Crippen LogP contribution in [0.15, 0.2) is 115 Å². The topological polar surface area (TPSA) is 88.0 Å². The minimum Gasteiger partial charge on any atom is -0.497 e. The van der Waals surface area contributed by atoms with Crippen LogP contribution in [0.4, 0.5) is 4.79 Å². The van der Waals surface area contributed by atoms with Crippen molar-refractivity contribution < 1.29 is 24.2 Å². The van der Waals surface area contributed by atoms with Crippen LogP contribution in [0, 0.1) is 0 Å². The van der Waals surface area contributed by atoms with E-state index in [9.17, 15) is 14.7 Å². The van der Waals surface area contributed by atoms with E-state index >= 15 is 0 Å². The molecule has 2 atom stereocenters. The Morgan fingerprint density at radius 1 is 0.829 bits per heavy atom. The number of aliphatic hydroxyl groups is 1. The molecule has 0 aliphatic carbocycles. The Hall–Kier alpha value is -3.91. The zero-order chi connectivity index (χ0) is 29.3. The average Bonchev–Trinajstić information content (AvgIpc) is 3.02. The van der Waals surface area contributed by atoms with Crippen molar-refractivity contribution in [1.29, 1.82) is 0 Å². The lowest BCUT2D eigenvalue weighted by Crippen LogP contribution is -2.65. The second kappa shape index (κ2) is 13.6. The van der Waals surface area contributed by atoms with Gasteiger partial charge >= 0.3 is 6.09 Å². The Labute approximate surface area is 243 Å². The molecule has 4 aromatic carbocycles. The third-order valence-electron chi connectivity index (χ3n) is 7.77. The number of methoxy groups -OCH3 is 1. The van der Waals surface area contributed by atoms with E-state index in [4.69, 9.17) is 9.47 Å². The number of hydrogen-bond donors (Lipinski definition) is 3. The van der Waals surface area contributed by atoms with Crippen molar-refractivity contribution in [2.75, 3.05) is 7.11 Å². The van der Waals surface area contributed by atoms with Crippen LogP contribution < -0.4 is 20.4 Å². The van der Waals surface area contributed by atoms with Crippen LogP contribution in [0.3, 0.4) is 0 Å². The van der Waals surface area contributed by atoms with Gasteiger partial charge in [-0.2, -0.15) is 0 Å². The predicted octanol–water partition coefficient (Wildman–Crippen LogP) is 5.34. The highest BCUT2D eigenvalue weighted by Crippen LogP contribution is 2.41. The van der Waals surface area contributed by atoms with Gasteiger partial charge in [-0.25, -0.2) is 4.79 Å². The summed E-state index contributed by atoms with van der Waals surface area (Å²) in [7, 11) is -1.65. The largest absolute Gasteiger partial charge is 0.497 e. The Morgan fingerprint density at radius 2 is 1.34 bits per heavy atom. The van der Waals surface area contributed by atoms with Crippen molar-refractivity contribution in [2.45, 2.75) is 50.5 Å². The average molecular weight is 570 g/mol. The number of hydrogen-bond acceptors (Lipinski definition) is 5. The van der Waals surface area contributed by atoms with Crippen LogP contribution in [0.2, 0.25) is 5.04 Å². The van der Waals surface area contributed by atoms with E-state index in [0.717, 1.165) is 21.5 Å². The molecular formula is C34H39NO5Si. The molecule has 0 aliphatic rings. The minimum atomic E-state index is -3.24. The summed E-state index contributed by atoms with van der Waals surface area (Å²) < 4.78 is 10.8. The van der Waals surface area contributed by atoms with Crippen molar-refractivity contribution in [2.24, 2.45) is 0 Å². The summed E-state index contributed by atoms with van der Waals surface area (Å²) in [6, 6.07) is 35.6. The fourth-order valence-corrected chi connectivity index (χ4v) is 9.02. The number of carbonyl (C=O) groups excluding carboxylic acids is 1. The van der Waals surface area contributed by atoms with Crippen LogP contribution in [0.1, 0.15) is 43.9 Å². The molecule has 0 saturated carbocycles. The summed E-state index contributed by atoms with van der Waals surface area (Å²) >= 11 is 0. The minimum absolute atomic E-state index is 0.123. The smallest absolute Gasteiger partial charge is 0.408 e. The molecule has 7 heteroatoms. The van der Waals surface area contributed by atoms with Gasteiger partial charge in [-0.1, -0.05) is 117 Å². The molecular weight excluding hydrogens is 530 g/mol. The number of ether oxygens (including phenoxy) is 2. The first-order chi connectivity index (χ1) is 19.7. The molecule has 214 valence electrons. The SMILES string of the molecule is COc1ccc([C@@H](NC(=O)OCc2ccccc2)[C@@H](O)CCC(C)(C)[Si](O)(c2ccccc2)c2ccccc2)cc1. The fourth-order valence-electron chi connectivity index (χ4n) is 5.27. The second-order valence-corrected chi connectivity index (χ2v) is 14.8. The number of carbonyl (C=O) groups is 1. The normalized spacial score (nSPS) is 13.2. The third kappa shape index (κ3) is 7.24. The maximum Gasteiger partial charge on any atom is 0.408 e. The number of nitrogens with one attached hydrogen (secondary N) is 1. The molecule has 4 rings (SSSR count). The molecule has 3 N–H and O–H groups in total. The van der Waals surface area contributed by atoms with Gasteiger partial charge in [0.2, 0.25) is 0 Å². The number of rotatable bonds is 12. The molecule has 4 aromatic rings. The molecule has 0 unspecified atom stereocenters. The lowest BCUT2D eigenvalue weighted by atomic mass is 9.95. The first-order valence-corrected chi connectivity index (χ1v) is 15.8. The number of amides is 1. The van der Waals surface area contributed by atoms with Gasteiger partial charge in [0.05, 0.1) is 19.3 Å². The van der Waals surface area contributed by atoms with E-state index < -0.39 is 31.6 Å². The van der Waals surface area contributed by atoms with Gasteiger partial charge in [-0.3, -0.25) is 0 Å². The summed E-state index contributed by atoms with van der Waals surface area (Å²) in [5.41, 5.74) is 1.60. The lowest BCUT2D eigenvalue weighted by Gasteiger charge is -2.42. The number of aliphatic hydroxyl groups excluding tert-OH is 1. The highest BCUT2D eigenvalue weighted by atomic mass is 28.4. The fraction of sp³-hybridized carbons (Fsp3) is 0.265. The van der Waals surface area contributed by atoms with Gasteiger partial charge in [0.1, 0.15) is 12.4 Å². The van der Waals surface area contributed by atoms with Crippen LogP contribution >= 0.6 is 0 Å². The van der Waals surface area contributed by atoms with Crippen LogP contribution in [0.5, 0.6) is 5.75 Å². The van der Waals surface area contributed by atoms with Crippen molar-refractivity contribution in [3.8, 4) is 5.75 Å². The van der Waals surface area contributed by atoms with Crippen LogP contribution in [0.25, 0.3) is 0 Å². The number of alkyl carbamates (subject to hydrolysis) is 1. The first-order valence-electron chi connectivity index (χ1n) is 13.9. The zero-order valence-corrected chi connectivity index (χ0v) is 24.9. The molecule has 41 heavy (non-hydrogen) atoms. The lowest BCUT2D eigenvalue weighted by molar-refractivity contribution is 0.0930. The molecule has 0 fully saturated rings. The molecule has 1 amide bonds. The van der Waals surface area contributed by atoms with E-state index in [0.29, 0.717) is 18.6 Å². The summed E-state index contributed by atoms with van der Waals surface area (Å²) in [6.45, 7) is 4.25. The van der Waals surface area contributed by atoms with Gasteiger partial charge < -0.3 is 24.7 Å². The maximum atomic E-state index is 12.9. The Balaban J connectivity index is 1.55. The Morgan fingerprint density at radius 3 is 1.85 bits per heavy atom. The molecule has 0 aromatic heterocycles. The van der Waals surface area contributed by atoms with Gasteiger partial charge in [0.15, 0.2) is 0 Å². The highest BCUT2D eigenvalue weighted by Gasteiger charge is 2.49. The van der Waals surface area contributed by atoms with Crippen molar-refractivity contribution in [3.05, 3.63) is 126 Å². The molecule has 0 spiro atoms. The van der Waals surface area contributed by atoms with E-state index in [2.05, 4.69) is 19.2 Å². The second-order valence-electron chi connectivity index (χ2n) is 10.9. The van der Waals surface area contributed by atoms with Gasteiger partial charge in [0, 0.05) is 0 Å². The molecule has 6 nitrogen and oxygen atoms in total. The molecule has 0 bridgehead atoms. The Kier molecular flexibility index (Phi) is 9.99. The van der Waals surface area contributed by atoms with Crippen molar-refractivity contribution >= 4 is 24.8 Å². The van der Waals surface area contributed by atoms with Crippen molar-refractivity contribution in [1.82, 2.24) is 5.32 Å². The monoisotopic (exact) mass is 569 g/mol. The molecule has 0 heterocycles. The van der Waals surface area contributed by atoms with E-state index in [1.165, 1.54) is 0 Å². The highest BCUT2D eigenvalue weighted by molar-refractivity contribution is 6.98. The van der Waals surface area contributed by atoms with E-state index in [1.54, 1.807) is 19.2 Å². The van der Waals surface area contributed by atoms with Crippen LogP contribution in [-0.2, 0) is 11.3 Å². The molecule has 0 saturated heterocycles. The zero-order valence-electron chi connectivity index (χ0n) is 23.9. The van der Waals surface area contributed by atoms with E-state index in [-0.39, 0.29) is 6.61 Å². The maximum absolute atomic E-state index is 12.9. The standard InChI is InChI=1S/C34H39NO5Si/c1-34(2,41(38,29-15-9-5-10-16-29)30-17-11-6-12-18-30)24-23-31(36)32(27-19-21-28(39-3)22-20-27)35-33(37)40-25-26-13-7-4-8-14-26/h4-22,31-32,36,38H,23-25H2,1-3H3,(H,35,37)/t31-,32+/m0/s1. The molecule has 0 radical (unpaired) electrons. The Bertz CT molecular complexity index is 1330. The first kappa shape index (κ1) is 30.1. The van der Waals surface area contributed by atoms with Crippen molar-refractivity contribution in [3.63, 3.8) is 0 Å². The summed E-state index contributed by atoms with van der Waals surface area (Å²) in [5, 5.41) is 15.7. The number of benzene rings is 4. The third-order valence-corrected chi connectivity index (χ3v) is 12.3.